The number of fused-ring (bicyclic) bond motifs is 7. The van der Waals surface area contributed by atoms with Crippen LogP contribution in [0.25, 0.3) is 93.6 Å². The topological polar surface area (TPSA) is 18.1 Å². The van der Waals surface area contributed by atoms with Gasteiger partial charge in [0.25, 0.3) is 0 Å². The predicted molar refractivity (Wildman–Crippen MR) is 256 cm³/mol. The minimum Gasteiger partial charge on any atom is -0.456 e. The summed E-state index contributed by atoms with van der Waals surface area (Å²) in [5, 5.41) is 7.28. The van der Waals surface area contributed by atoms with Crippen LogP contribution in [-0.4, -0.2) is 4.57 Å². The molecule has 0 saturated heterocycles. The van der Waals surface area contributed by atoms with Crippen molar-refractivity contribution < 1.29 is 4.42 Å². The van der Waals surface area contributed by atoms with E-state index >= 15 is 0 Å². The molecule has 0 aliphatic heterocycles. The molecule has 1 atom stereocenters. The molecule has 0 amide bonds. The minimum atomic E-state index is 0.129. The van der Waals surface area contributed by atoms with Crippen molar-refractivity contribution in [3.63, 3.8) is 0 Å². The van der Waals surface area contributed by atoms with E-state index in [0.717, 1.165) is 33.2 Å². The molecule has 0 aliphatic carbocycles. The van der Waals surface area contributed by atoms with Gasteiger partial charge >= 0.3 is 0 Å². The van der Waals surface area contributed by atoms with Gasteiger partial charge in [-0.3, -0.25) is 0 Å². The third-order valence-electron chi connectivity index (χ3n) is 12.5. The van der Waals surface area contributed by atoms with Gasteiger partial charge < -0.3 is 8.98 Å². The van der Waals surface area contributed by atoms with Crippen LogP contribution in [0.1, 0.15) is 22.6 Å². The molecule has 0 bridgehead atoms. The van der Waals surface area contributed by atoms with Gasteiger partial charge in [0.05, 0.1) is 11.0 Å². The number of benzene rings is 10. The zero-order valence-electron chi connectivity index (χ0n) is 33.4. The zero-order valence-corrected chi connectivity index (χ0v) is 33.4. The number of furan rings is 1. The molecule has 12 rings (SSSR count). The van der Waals surface area contributed by atoms with Crippen molar-refractivity contribution in [3.05, 3.63) is 247 Å². The molecule has 12 aromatic rings. The normalized spacial score (nSPS) is 12.2. The van der Waals surface area contributed by atoms with E-state index in [2.05, 4.69) is 235 Å². The van der Waals surface area contributed by atoms with E-state index in [4.69, 9.17) is 4.42 Å². The molecule has 1 unspecified atom stereocenters. The van der Waals surface area contributed by atoms with Gasteiger partial charge in [-0.15, -0.1) is 0 Å². The van der Waals surface area contributed by atoms with E-state index in [-0.39, 0.29) is 5.92 Å². The van der Waals surface area contributed by atoms with Crippen LogP contribution < -0.4 is 0 Å². The Balaban J connectivity index is 0.863. The van der Waals surface area contributed by atoms with Crippen molar-refractivity contribution in [3.8, 4) is 39.1 Å². The molecule has 286 valence electrons. The average molecular weight is 778 g/mol. The Morgan fingerprint density at radius 2 is 0.787 bits per heavy atom. The summed E-state index contributed by atoms with van der Waals surface area (Å²) in [6, 6.07) is 83.7. The van der Waals surface area contributed by atoms with Crippen LogP contribution in [0.2, 0.25) is 0 Å². The fraction of sp³-hybridized carbons (Fsp3) is 0.0169. The van der Waals surface area contributed by atoms with E-state index in [1.54, 1.807) is 0 Å². The molecule has 10 aromatic carbocycles. The van der Waals surface area contributed by atoms with E-state index < -0.39 is 0 Å². The summed E-state index contributed by atoms with van der Waals surface area (Å²) in [7, 11) is 0. The highest BCUT2D eigenvalue weighted by Gasteiger charge is 2.18. The summed E-state index contributed by atoms with van der Waals surface area (Å²) in [5.74, 6) is 0.129. The number of aromatic nitrogens is 1. The Bertz CT molecular complexity index is 3560. The van der Waals surface area contributed by atoms with Crippen molar-refractivity contribution in [1.82, 2.24) is 4.57 Å². The first-order chi connectivity index (χ1) is 30.2. The maximum Gasteiger partial charge on any atom is 0.135 e. The maximum absolute atomic E-state index is 6.39. The van der Waals surface area contributed by atoms with Crippen LogP contribution >= 0.6 is 0 Å². The summed E-state index contributed by atoms with van der Waals surface area (Å²) in [6.07, 6.45) is 0. The van der Waals surface area contributed by atoms with Gasteiger partial charge in [-0.2, -0.15) is 0 Å². The third-order valence-corrected chi connectivity index (χ3v) is 12.5. The Hall–Kier alpha value is -7.94. The molecule has 0 fully saturated rings. The van der Waals surface area contributed by atoms with Gasteiger partial charge in [0.2, 0.25) is 0 Å². The van der Waals surface area contributed by atoms with E-state index in [1.807, 2.05) is 0 Å². The molecule has 61 heavy (non-hydrogen) atoms. The van der Waals surface area contributed by atoms with Gasteiger partial charge in [-0.05, 0) is 109 Å². The van der Waals surface area contributed by atoms with Crippen LogP contribution in [0.5, 0.6) is 0 Å². The molecule has 2 heteroatoms. The summed E-state index contributed by atoms with van der Waals surface area (Å²) in [4.78, 5) is 0. The Labute approximate surface area is 354 Å². The standard InChI is InChI=1S/C59H39NO/c1-3-12-43(13-4-1)59(49-28-25-39-11-7-8-14-45(39)35-49)44-26-23-41(24-27-44)47-31-34-58-54(37-47)53-36-46(30-33-57(53)61-58)40-19-21-42(22-20-40)48-29-32-52-51-17-9-10-18-55(51)60(56(52)38-48)50-15-5-2-6-16-50/h1-38,59H. The van der Waals surface area contributed by atoms with Crippen molar-refractivity contribution in [1.29, 1.82) is 0 Å². The first-order valence-electron chi connectivity index (χ1n) is 21.0. The quantitative estimate of drug-likeness (QED) is 0.147. The highest BCUT2D eigenvalue weighted by Crippen LogP contribution is 2.39. The monoisotopic (exact) mass is 777 g/mol. The Morgan fingerprint density at radius 1 is 0.295 bits per heavy atom. The number of hydrogen-bond donors (Lipinski definition) is 0. The van der Waals surface area contributed by atoms with Crippen LogP contribution in [0.4, 0.5) is 0 Å². The fourth-order valence-electron chi connectivity index (χ4n) is 9.48. The summed E-state index contributed by atoms with van der Waals surface area (Å²) in [6.45, 7) is 0. The molecule has 0 N–H and O–H groups in total. The van der Waals surface area contributed by atoms with Crippen molar-refractivity contribution in [2.24, 2.45) is 0 Å². The molecule has 0 radical (unpaired) electrons. The van der Waals surface area contributed by atoms with Gasteiger partial charge in [0.15, 0.2) is 0 Å². The number of rotatable bonds is 7. The second-order valence-corrected chi connectivity index (χ2v) is 16.1. The van der Waals surface area contributed by atoms with Crippen LogP contribution in [0.3, 0.4) is 0 Å². The van der Waals surface area contributed by atoms with Gasteiger partial charge in [0.1, 0.15) is 11.2 Å². The lowest BCUT2D eigenvalue weighted by Gasteiger charge is -2.20. The van der Waals surface area contributed by atoms with E-state index in [9.17, 15) is 0 Å². The summed E-state index contributed by atoms with van der Waals surface area (Å²) >= 11 is 0. The number of hydrogen-bond acceptors (Lipinski definition) is 1. The maximum atomic E-state index is 6.39. The van der Waals surface area contributed by atoms with E-state index in [0.29, 0.717) is 0 Å². The lowest BCUT2D eigenvalue weighted by Crippen LogP contribution is -2.03. The molecular formula is C59H39NO. The van der Waals surface area contributed by atoms with E-state index in [1.165, 1.54) is 77.1 Å². The van der Waals surface area contributed by atoms with Crippen LogP contribution in [0, 0.1) is 0 Å². The molecule has 0 saturated carbocycles. The second kappa shape index (κ2) is 14.4. The van der Waals surface area contributed by atoms with Gasteiger partial charge in [-0.1, -0.05) is 182 Å². The molecule has 0 aliphatic rings. The lowest BCUT2D eigenvalue weighted by atomic mass is 9.84. The first kappa shape index (κ1) is 35.0. The largest absolute Gasteiger partial charge is 0.456 e. The van der Waals surface area contributed by atoms with Crippen molar-refractivity contribution in [2.45, 2.75) is 5.92 Å². The van der Waals surface area contributed by atoms with Crippen LogP contribution in [-0.2, 0) is 0 Å². The number of nitrogens with zero attached hydrogens (tertiary/aromatic N) is 1. The Morgan fingerprint density at radius 3 is 1.48 bits per heavy atom. The first-order valence-corrected chi connectivity index (χ1v) is 21.0. The molecule has 0 spiro atoms. The smallest absolute Gasteiger partial charge is 0.135 e. The lowest BCUT2D eigenvalue weighted by molar-refractivity contribution is 0.669. The van der Waals surface area contributed by atoms with Gasteiger partial charge in [0, 0.05) is 33.2 Å². The average Bonchev–Trinajstić information content (AvgIpc) is 3.87. The summed E-state index contributed by atoms with van der Waals surface area (Å²) < 4.78 is 8.76. The predicted octanol–water partition coefficient (Wildman–Crippen LogP) is 16.0. The molecule has 2 nitrogen and oxygen atoms in total. The van der Waals surface area contributed by atoms with Crippen molar-refractivity contribution >= 4 is 54.5 Å². The summed E-state index contributed by atoms with van der Waals surface area (Å²) in [5.41, 5.74) is 16.3. The number of para-hydroxylation sites is 2. The van der Waals surface area contributed by atoms with Crippen molar-refractivity contribution in [2.75, 3.05) is 0 Å². The fourth-order valence-corrected chi connectivity index (χ4v) is 9.48. The SMILES string of the molecule is c1ccc(C(c2ccc(-c3ccc4oc5ccc(-c6ccc(-c7ccc8c9ccccc9n(-c9ccccc9)c8c7)cc6)cc5c4c3)cc2)c2ccc3ccccc3c2)cc1. The third kappa shape index (κ3) is 6.12. The van der Waals surface area contributed by atoms with Crippen LogP contribution in [0.15, 0.2) is 235 Å². The van der Waals surface area contributed by atoms with Gasteiger partial charge in [-0.25, -0.2) is 0 Å². The minimum absolute atomic E-state index is 0.129. The molecule has 2 aromatic heterocycles. The molecule has 2 heterocycles. The zero-order chi connectivity index (χ0) is 40.3. The Kier molecular flexibility index (Phi) is 8.28. The highest BCUT2D eigenvalue weighted by molar-refractivity contribution is 6.10. The highest BCUT2D eigenvalue weighted by atomic mass is 16.3. The second-order valence-electron chi connectivity index (χ2n) is 16.1. The molecular weight excluding hydrogens is 739 g/mol.